The van der Waals surface area contributed by atoms with Crippen LogP contribution in [0.1, 0.15) is 37.6 Å². The molecule has 1 aliphatic carbocycles. The van der Waals surface area contributed by atoms with Gasteiger partial charge in [0, 0.05) is 23.8 Å². The number of hydrogen-bond acceptors (Lipinski definition) is 7. The second kappa shape index (κ2) is 7.51. The fraction of sp³-hybridized carbons (Fsp3) is 0.368. The molecule has 2 aromatic heterocycles. The molecule has 0 bridgehead atoms. The van der Waals surface area contributed by atoms with E-state index in [4.69, 9.17) is 11.5 Å². The van der Waals surface area contributed by atoms with E-state index in [0.717, 1.165) is 37.1 Å². The fourth-order valence-corrected chi connectivity index (χ4v) is 3.50. The van der Waals surface area contributed by atoms with Crippen molar-refractivity contribution in [3.05, 3.63) is 48.3 Å². The quantitative estimate of drug-likeness (QED) is 0.437. The summed E-state index contributed by atoms with van der Waals surface area (Å²) in [6.45, 7) is 0. The maximum Gasteiger partial charge on any atom is 0.177 e. The zero-order valence-corrected chi connectivity index (χ0v) is 15.0. The molecular formula is C19H25N7O. The van der Waals surface area contributed by atoms with Gasteiger partial charge in [0.15, 0.2) is 5.65 Å². The van der Waals surface area contributed by atoms with Gasteiger partial charge >= 0.3 is 0 Å². The third-order valence-electron chi connectivity index (χ3n) is 4.97. The maximum atomic E-state index is 9.85. The van der Waals surface area contributed by atoms with Crippen LogP contribution >= 0.6 is 0 Å². The summed E-state index contributed by atoms with van der Waals surface area (Å²) in [5.74, 6) is 0.710. The van der Waals surface area contributed by atoms with Crippen LogP contribution < -0.4 is 22.1 Å². The molecule has 0 saturated heterocycles. The Morgan fingerprint density at radius 1 is 1.15 bits per heavy atom. The third-order valence-corrected chi connectivity index (χ3v) is 4.97. The number of anilines is 3. The van der Waals surface area contributed by atoms with Crippen molar-refractivity contribution < 1.29 is 5.11 Å². The van der Waals surface area contributed by atoms with Crippen LogP contribution in [0.15, 0.2) is 42.6 Å². The number of rotatable bonds is 5. The van der Waals surface area contributed by atoms with Crippen molar-refractivity contribution in [2.45, 2.75) is 44.0 Å². The van der Waals surface area contributed by atoms with E-state index in [1.807, 2.05) is 36.4 Å². The maximum absolute atomic E-state index is 9.85. The monoisotopic (exact) mass is 367 g/mol. The van der Waals surface area contributed by atoms with Crippen LogP contribution in [0.2, 0.25) is 0 Å². The molecule has 27 heavy (non-hydrogen) atoms. The summed E-state index contributed by atoms with van der Waals surface area (Å²) in [6, 6.07) is 12.4. The fourth-order valence-electron chi connectivity index (χ4n) is 3.50. The van der Waals surface area contributed by atoms with E-state index >= 15 is 0 Å². The SMILES string of the molecule is NC1CCC(Nc2cc(Nc3ccccc3)c3ncc(C(N)O)n3n2)CC1. The number of aromatic nitrogens is 3. The molecule has 1 aromatic carbocycles. The van der Waals surface area contributed by atoms with Crippen molar-refractivity contribution >= 4 is 22.8 Å². The van der Waals surface area contributed by atoms with Gasteiger partial charge in [0.1, 0.15) is 17.7 Å². The smallest absolute Gasteiger partial charge is 0.177 e. The number of fused-ring (bicyclic) bond motifs is 1. The highest BCUT2D eigenvalue weighted by molar-refractivity contribution is 5.76. The lowest BCUT2D eigenvalue weighted by atomic mass is 9.92. The van der Waals surface area contributed by atoms with Gasteiger partial charge in [-0.1, -0.05) is 18.2 Å². The molecule has 8 nitrogen and oxygen atoms in total. The Kier molecular flexibility index (Phi) is 4.93. The highest BCUT2D eigenvalue weighted by Gasteiger charge is 2.20. The first-order valence-corrected chi connectivity index (χ1v) is 9.26. The number of nitrogens with two attached hydrogens (primary N) is 2. The largest absolute Gasteiger partial charge is 0.373 e. The number of hydrogen-bond donors (Lipinski definition) is 5. The van der Waals surface area contributed by atoms with Crippen LogP contribution in [-0.2, 0) is 0 Å². The number of nitrogens with zero attached hydrogens (tertiary/aromatic N) is 3. The van der Waals surface area contributed by atoms with Gasteiger partial charge in [0.2, 0.25) is 0 Å². The van der Waals surface area contributed by atoms with Gasteiger partial charge in [-0.25, -0.2) is 9.50 Å². The average Bonchev–Trinajstić information content (AvgIpc) is 3.09. The Bertz CT molecular complexity index is 901. The number of aliphatic hydroxyl groups excluding tert-OH is 1. The minimum atomic E-state index is -1.15. The first-order valence-electron chi connectivity index (χ1n) is 9.26. The standard InChI is InChI=1S/C19H25N7O/c20-12-6-8-14(9-7-12)24-17-10-15(23-13-4-2-1-3-5-13)19-22-11-16(18(21)27)26(19)25-17/h1-5,10-12,14,18,23,27H,6-9,20-21H2,(H,24,25). The van der Waals surface area contributed by atoms with Crippen molar-refractivity contribution in [2.75, 3.05) is 10.6 Å². The lowest BCUT2D eigenvalue weighted by Gasteiger charge is -2.27. The zero-order chi connectivity index (χ0) is 18.8. The van der Waals surface area contributed by atoms with E-state index in [-0.39, 0.29) is 0 Å². The predicted octanol–water partition coefficient (Wildman–Crippen LogP) is 2.10. The Labute approximate surface area is 157 Å². The molecule has 4 rings (SSSR count). The van der Waals surface area contributed by atoms with E-state index in [1.165, 1.54) is 0 Å². The van der Waals surface area contributed by atoms with E-state index < -0.39 is 6.23 Å². The van der Waals surface area contributed by atoms with Crippen molar-refractivity contribution in [1.29, 1.82) is 0 Å². The molecule has 8 heteroatoms. The van der Waals surface area contributed by atoms with Gasteiger partial charge in [-0.3, -0.25) is 0 Å². The number of aliphatic hydroxyl groups is 1. The molecule has 0 spiro atoms. The Hall–Kier alpha value is -2.68. The summed E-state index contributed by atoms with van der Waals surface area (Å²) in [5, 5.41) is 21.3. The highest BCUT2D eigenvalue weighted by Crippen LogP contribution is 2.27. The summed E-state index contributed by atoms with van der Waals surface area (Å²) < 4.78 is 1.59. The Morgan fingerprint density at radius 2 is 1.89 bits per heavy atom. The van der Waals surface area contributed by atoms with Gasteiger partial charge in [0.05, 0.1) is 11.9 Å². The first kappa shape index (κ1) is 17.7. The molecule has 1 fully saturated rings. The Balaban J connectivity index is 1.69. The zero-order valence-electron chi connectivity index (χ0n) is 15.0. The van der Waals surface area contributed by atoms with Crippen LogP contribution in [0.4, 0.5) is 17.2 Å². The van der Waals surface area contributed by atoms with Crippen molar-refractivity contribution in [1.82, 2.24) is 14.6 Å². The molecule has 0 amide bonds. The van der Waals surface area contributed by atoms with Crippen LogP contribution in [-0.4, -0.2) is 31.8 Å². The summed E-state index contributed by atoms with van der Waals surface area (Å²) in [7, 11) is 0. The molecule has 1 aliphatic rings. The minimum Gasteiger partial charge on any atom is -0.373 e. The molecule has 0 aliphatic heterocycles. The molecule has 142 valence electrons. The minimum absolute atomic E-state index is 0.293. The van der Waals surface area contributed by atoms with Gasteiger partial charge in [-0.2, -0.15) is 0 Å². The summed E-state index contributed by atoms with van der Waals surface area (Å²) in [5.41, 5.74) is 14.5. The van der Waals surface area contributed by atoms with E-state index in [2.05, 4.69) is 20.7 Å². The van der Waals surface area contributed by atoms with Crippen LogP contribution in [0, 0.1) is 0 Å². The van der Waals surface area contributed by atoms with E-state index in [9.17, 15) is 5.11 Å². The predicted molar refractivity (Wildman–Crippen MR) is 106 cm³/mol. The van der Waals surface area contributed by atoms with Crippen molar-refractivity contribution in [2.24, 2.45) is 11.5 Å². The van der Waals surface area contributed by atoms with Crippen LogP contribution in [0.5, 0.6) is 0 Å². The topological polar surface area (TPSA) is 127 Å². The van der Waals surface area contributed by atoms with Crippen molar-refractivity contribution in [3.8, 4) is 0 Å². The molecule has 1 saturated carbocycles. The molecule has 1 unspecified atom stereocenters. The van der Waals surface area contributed by atoms with Gasteiger partial charge in [-0.15, -0.1) is 5.10 Å². The second-order valence-corrected chi connectivity index (χ2v) is 7.05. The summed E-state index contributed by atoms with van der Waals surface area (Å²) in [6.07, 6.45) is 4.43. The summed E-state index contributed by atoms with van der Waals surface area (Å²) in [4.78, 5) is 4.39. The van der Waals surface area contributed by atoms with Gasteiger partial charge in [0.25, 0.3) is 0 Å². The van der Waals surface area contributed by atoms with Crippen LogP contribution in [0.3, 0.4) is 0 Å². The number of nitrogens with one attached hydrogen (secondary N) is 2. The van der Waals surface area contributed by atoms with Gasteiger partial charge in [-0.05, 0) is 37.8 Å². The second-order valence-electron chi connectivity index (χ2n) is 7.05. The van der Waals surface area contributed by atoms with Crippen molar-refractivity contribution in [3.63, 3.8) is 0 Å². The van der Waals surface area contributed by atoms with E-state index in [1.54, 1.807) is 10.7 Å². The number of imidazole rings is 1. The van der Waals surface area contributed by atoms with Crippen LogP contribution in [0.25, 0.3) is 5.65 Å². The lowest BCUT2D eigenvalue weighted by Crippen LogP contribution is -2.33. The highest BCUT2D eigenvalue weighted by atomic mass is 16.3. The van der Waals surface area contributed by atoms with E-state index in [0.29, 0.717) is 29.2 Å². The molecule has 2 heterocycles. The molecule has 1 atom stereocenters. The Morgan fingerprint density at radius 3 is 2.59 bits per heavy atom. The molecule has 0 radical (unpaired) electrons. The number of para-hydroxylation sites is 1. The lowest BCUT2D eigenvalue weighted by molar-refractivity contribution is 0.179. The molecule has 3 aromatic rings. The first-order chi connectivity index (χ1) is 13.1. The average molecular weight is 367 g/mol. The van der Waals surface area contributed by atoms with Gasteiger partial charge < -0.3 is 27.2 Å². The normalized spacial score (nSPS) is 21.1. The third kappa shape index (κ3) is 3.87. The molecular weight excluding hydrogens is 342 g/mol. The molecule has 7 N–H and O–H groups in total. The summed E-state index contributed by atoms with van der Waals surface area (Å²) >= 11 is 0. The number of benzene rings is 1.